The van der Waals surface area contributed by atoms with E-state index in [9.17, 15) is 13.2 Å². The van der Waals surface area contributed by atoms with Crippen molar-refractivity contribution in [3.05, 3.63) is 59.7 Å². The number of fused-ring (bicyclic) bond motifs is 1. The van der Waals surface area contributed by atoms with Gasteiger partial charge in [-0.15, -0.1) is 0 Å². The van der Waals surface area contributed by atoms with Crippen molar-refractivity contribution in [3.63, 3.8) is 0 Å². The number of sulfonamides is 1. The molecule has 156 valence electrons. The molecule has 3 rings (SSSR count). The second-order valence-electron chi connectivity index (χ2n) is 7.64. The lowest BCUT2D eigenvalue weighted by atomic mass is 9.88. The second kappa shape index (κ2) is 8.86. The monoisotopic (exact) mass is 416 g/mol. The quantitative estimate of drug-likeness (QED) is 0.750. The highest BCUT2D eigenvalue weighted by Crippen LogP contribution is 2.29. The number of anilines is 1. The fourth-order valence-corrected chi connectivity index (χ4v) is 4.49. The SMILES string of the molecule is CC(C)Oc1ccc(N(CC(=O)N[C@@H]2CCCc3ccccc32)S(C)(=O)=O)cc1. The normalized spacial score (nSPS) is 16.2. The Morgan fingerprint density at radius 1 is 1.17 bits per heavy atom. The highest BCUT2D eigenvalue weighted by Gasteiger charge is 2.25. The van der Waals surface area contributed by atoms with Crippen LogP contribution in [0.3, 0.4) is 0 Å². The zero-order valence-electron chi connectivity index (χ0n) is 17.1. The Kier molecular flexibility index (Phi) is 6.47. The third kappa shape index (κ3) is 5.50. The fourth-order valence-electron chi connectivity index (χ4n) is 3.64. The minimum atomic E-state index is -3.62. The van der Waals surface area contributed by atoms with Gasteiger partial charge in [0, 0.05) is 0 Å². The van der Waals surface area contributed by atoms with Crippen LogP contribution in [-0.2, 0) is 21.2 Å². The van der Waals surface area contributed by atoms with Gasteiger partial charge in [0.25, 0.3) is 0 Å². The molecular formula is C22H28N2O4S. The number of nitrogens with one attached hydrogen (secondary N) is 1. The van der Waals surface area contributed by atoms with Crippen molar-refractivity contribution in [2.75, 3.05) is 17.1 Å². The van der Waals surface area contributed by atoms with Gasteiger partial charge in [-0.2, -0.15) is 0 Å². The van der Waals surface area contributed by atoms with Crippen LogP contribution in [0.25, 0.3) is 0 Å². The van der Waals surface area contributed by atoms with E-state index in [0.717, 1.165) is 35.4 Å². The van der Waals surface area contributed by atoms with Gasteiger partial charge in [-0.05, 0) is 68.5 Å². The van der Waals surface area contributed by atoms with Gasteiger partial charge >= 0.3 is 0 Å². The summed E-state index contributed by atoms with van der Waals surface area (Å²) in [5, 5.41) is 3.02. The molecule has 2 aromatic carbocycles. The van der Waals surface area contributed by atoms with Crippen LogP contribution in [-0.4, -0.2) is 33.2 Å². The zero-order chi connectivity index (χ0) is 21.0. The molecule has 29 heavy (non-hydrogen) atoms. The first-order valence-corrected chi connectivity index (χ1v) is 11.7. The van der Waals surface area contributed by atoms with Crippen LogP contribution < -0.4 is 14.4 Å². The third-order valence-electron chi connectivity index (χ3n) is 4.89. The van der Waals surface area contributed by atoms with Gasteiger partial charge in [0.05, 0.1) is 24.1 Å². The Bertz CT molecular complexity index is 955. The van der Waals surface area contributed by atoms with Crippen molar-refractivity contribution in [2.24, 2.45) is 0 Å². The van der Waals surface area contributed by atoms with Crippen molar-refractivity contribution in [3.8, 4) is 5.75 Å². The number of amides is 1. The number of carbonyl (C=O) groups excluding carboxylic acids is 1. The molecule has 0 spiro atoms. The summed E-state index contributed by atoms with van der Waals surface area (Å²) in [6.45, 7) is 3.58. The van der Waals surface area contributed by atoms with E-state index in [1.54, 1.807) is 24.3 Å². The highest BCUT2D eigenvalue weighted by molar-refractivity contribution is 7.92. The van der Waals surface area contributed by atoms with E-state index >= 15 is 0 Å². The fraction of sp³-hybridized carbons (Fsp3) is 0.409. The van der Waals surface area contributed by atoms with Gasteiger partial charge in [-0.3, -0.25) is 9.10 Å². The number of ether oxygens (including phenoxy) is 1. The Morgan fingerprint density at radius 3 is 2.52 bits per heavy atom. The lowest BCUT2D eigenvalue weighted by Gasteiger charge is -2.28. The second-order valence-corrected chi connectivity index (χ2v) is 9.55. The van der Waals surface area contributed by atoms with Gasteiger partial charge in [0.1, 0.15) is 12.3 Å². The van der Waals surface area contributed by atoms with Crippen LogP contribution in [0, 0.1) is 0 Å². The number of benzene rings is 2. The molecule has 1 aliphatic carbocycles. The van der Waals surface area contributed by atoms with Crippen molar-refractivity contribution >= 4 is 21.6 Å². The molecule has 0 radical (unpaired) electrons. The van der Waals surface area contributed by atoms with Gasteiger partial charge in [-0.25, -0.2) is 8.42 Å². The number of hydrogen-bond donors (Lipinski definition) is 1. The van der Waals surface area contributed by atoms with Crippen LogP contribution in [0.2, 0.25) is 0 Å². The summed E-state index contributed by atoms with van der Waals surface area (Å²) in [4.78, 5) is 12.7. The van der Waals surface area contributed by atoms with Crippen molar-refractivity contribution in [1.82, 2.24) is 5.32 Å². The van der Waals surface area contributed by atoms with Gasteiger partial charge in [-0.1, -0.05) is 24.3 Å². The predicted molar refractivity (Wildman–Crippen MR) is 115 cm³/mol. The smallest absolute Gasteiger partial charge is 0.241 e. The first kappa shape index (κ1) is 21.2. The molecule has 0 saturated heterocycles. The van der Waals surface area contributed by atoms with Crippen molar-refractivity contribution in [2.45, 2.75) is 45.3 Å². The molecule has 6 nitrogen and oxygen atoms in total. The summed E-state index contributed by atoms with van der Waals surface area (Å²) >= 11 is 0. The lowest BCUT2D eigenvalue weighted by Crippen LogP contribution is -2.42. The maximum atomic E-state index is 12.7. The van der Waals surface area contributed by atoms with E-state index in [2.05, 4.69) is 11.4 Å². The summed E-state index contributed by atoms with van der Waals surface area (Å²) in [7, 11) is -3.62. The molecule has 0 aliphatic heterocycles. The molecule has 1 N–H and O–H groups in total. The molecule has 1 amide bonds. The van der Waals surface area contributed by atoms with Crippen LogP contribution in [0.4, 0.5) is 5.69 Å². The van der Waals surface area contributed by atoms with Crippen molar-refractivity contribution in [1.29, 1.82) is 0 Å². The zero-order valence-corrected chi connectivity index (χ0v) is 17.9. The third-order valence-corrected chi connectivity index (χ3v) is 6.03. The molecule has 1 aliphatic rings. The average Bonchev–Trinajstić information content (AvgIpc) is 2.66. The standard InChI is InChI=1S/C22H28N2O4S/c1-16(2)28-19-13-11-18(12-14-19)24(29(3,26)27)15-22(25)23-21-10-6-8-17-7-4-5-9-20(17)21/h4-5,7,9,11-14,16,21H,6,8,10,15H2,1-3H3,(H,23,25)/t21-/m1/s1. The molecule has 0 aromatic heterocycles. The van der Waals surface area contributed by atoms with Crippen LogP contribution >= 0.6 is 0 Å². The van der Waals surface area contributed by atoms with Crippen LogP contribution in [0.15, 0.2) is 48.5 Å². The number of rotatable bonds is 7. The van der Waals surface area contributed by atoms with E-state index in [0.29, 0.717) is 11.4 Å². The summed E-state index contributed by atoms with van der Waals surface area (Å²) in [6.07, 6.45) is 3.98. The largest absolute Gasteiger partial charge is 0.491 e. The summed E-state index contributed by atoms with van der Waals surface area (Å²) in [5.41, 5.74) is 2.79. The number of nitrogens with zero attached hydrogens (tertiary/aromatic N) is 1. The Labute approximate surface area is 172 Å². The van der Waals surface area contributed by atoms with E-state index in [-0.39, 0.29) is 24.6 Å². The maximum absolute atomic E-state index is 12.7. The van der Waals surface area contributed by atoms with Gasteiger partial charge in [0.15, 0.2) is 0 Å². The molecule has 7 heteroatoms. The van der Waals surface area contributed by atoms with Crippen LogP contribution in [0.1, 0.15) is 43.9 Å². The predicted octanol–water partition coefficient (Wildman–Crippen LogP) is 3.43. The summed E-state index contributed by atoms with van der Waals surface area (Å²) in [6, 6.07) is 14.7. The first-order valence-electron chi connectivity index (χ1n) is 9.85. The van der Waals surface area contributed by atoms with E-state index in [1.807, 2.05) is 32.0 Å². The molecule has 2 aromatic rings. The minimum absolute atomic E-state index is 0.0241. The molecule has 0 saturated carbocycles. The number of carbonyl (C=O) groups is 1. The Morgan fingerprint density at radius 2 is 1.86 bits per heavy atom. The lowest BCUT2D eigenvalue weighted by molar-refractivity contribution is -0.120. The number of hydrogen-bond acceptors (Lipinski definition) is 4. The van der Waals surface area contributed by atoms with Gasteiger partial charge in [0.2, 0.25) is 15.9 Å². The summed E-state index contributed by atoms with van der Waals surface area (Å²) < 4.78 is 31.4. The molecule has 0 fully saturated rings. The van der Waals surface area contributed by atoms with Gasteiger partial charge < -0.3 is 10.1 Å². The average molecular weight is 417 g/mol. The first-order chi connectivity index (χ1) is 13.7. The molecule has 0 bridgehead atoms. The highest BCUT2D eigenvalue weighted by atomic mass is 32.2. The molecular weight excluding hydrogens is 388 g/mol. The summed E-state index contributed by atoms with van der Waals surface area (Å²) in [5.74, 6) is 0.333. The van der Waals surface area contributed by atoms with E-state index in [4.69, 9.17) is 4.74 Å². The Balaban J connectivity index is 1.74. The van der Waals surface area contributed by atoms with Crippen molar-refractivity contribution < 1.29 is 17.9 Å². The molecule has 0 heterocycles. The topological polar surface area (TPSA) is 75.7 Å². The Hall–Kier alpha value is -2.54. The molecule has 1 atom stereocenters. The number of aryl methyl sites for hydroxylation is 1. The van der Waals surface area contributed by atoms with Crippen LogP contribution in [0.5, 0.6) is 5.75 Å². The minimum Gasteiger partial charge on any atom is -0.491 e. The molecule has 0 unspecified atom stereocenters. The van der Waals surface area contributed by atoms with E-state index in [1.165, 1.54) is 5.56 Å². The maximum Gasteiger partial charge on any atom is 0.241 e. The van der Waals surface area contributed by atoms with E-state index < -0.39 is 10.0 Å².